The number of ether oxygens (including phenoxy) is 1. The zero-order valence-electron chi connectivity index (χ0n) is 18.8. The number of rotatable bonds is 8. The van der Waals surface area contributed by atoms with Gasteiger partial charge in [-0.3, -0.25) is 20.4 Å². The highest BCUT2D eigenvalue weighted by molar-refractivity contribution is 5.88. The van der Waals surface area contributed by atoms with Crippen LogP contribution in [0.15, 0.2) is 36.2 Å². The molecule has 170 valence electrons. The Kier molecular flexibility index (Phi) is 6.78. The Hall–Kier alpha value is -2.17. The third-order valence-electron chi connectivity index (χ3n) is 6.22. The van der Waals surface area contributed by atoms with Gasteiger partial charge in [-0.2, -0.15) is 0 Å². The van der Waals surface area contributed by atoms with Crippen LogP contribution in [0.3, 0.4) is 0 Å². The first-order valence-electron chi connectivity index (χ1n) is 11.2. The van der Waals surface area contributed by atoms with Crippen LogP contribution in [0.1, 0.15) is 33.1 Å². The monoisotopic (exact) mass is 429 g/mol. The topological polar surface area (TPSA) is 92.9 Å². The summed E-state index contributed by atoms with van der Waals surface area (Å²) in [5.74, 6) is 2.22. The number of nitrogens with zero attached hydrogens (tertiary/aromatic N) is 2. The van der Waals surface area contributed by atoms with Crippen LogP contribution in [0.5, 0.6) is 5.75 Å². The van der Waals surface area contributed by atoms with Gasteiger partial charge >= 0.3 is 0 Å². The molecule has 0 bridgehead atoms. The summed E-state index contributed by atoms with van der Waals surface area (Å²) in [7, 11) is 4.01. The zero-order valence-corrected chi connectivity index (χ0v) is 18.8. The molecule has 0 aromatic heterocycles. The number of hydrogen-bond donors (Lipinski definition) is 5. The lowest BCUT2D eigenvalue weighted by atomic mass is 10.1. The number of nitrogens with one attached hydrogen (secondary N) is 5. The molecule has 4 atom stereocenters. The van der Waals surface area contributed by atoms with E-state index in [1.54, 1.807) is 0 Å². The minimum Gasteiger partial charge on any atom is -0.441 e. The molecule has 0 radical (unpaired) electrons. The van der Waals surface area contributed by atoms with Gasteiger partial charge in [0, 0.05) is 38.3 Å². The minimum atomic E-state index is -0.0900. The van der Waals surface area contributed by atoms with Crippen molar-refractivity contribution in [2.75, 3.05) is 26.0 Å². The van der Waals surface area contributed by atoms with Crippen molar-refractivity contribution in [3.63, 3.8) is 0 Å². The van der Waals surface area contributed by atoms with Crippen LogP contribution in [-0.4, -0.2) is 61.0 Å². The highest BCUT2D eigenvalue weighted by Gasteiger charge is 2.40. The molecule has 1 aromatic carbocycles. The van der Waals surface area contributed by atoms with Crippen LogP contribution in [0.2, 0.25) is 0 Å². The Morgan fingerprint density at radius 1 is 1.23 bits per heavy atom. The number of hydrogen-bond acceptors (Lipinski definition) is 8. The highest BCUT2D eigenvalue weighted by atomic mass is 16.5. The van der Waals surface area contributed by atoms with E-state index in [0.717, 1.165) is 36.2 Å². The van der Waals surface area contributed by atoms with Gasteiger partial charge in [-0.1, -0.05) is 6.92 Å². The molecule has 1 saturated heterocycles. The summed E-state index contributed by atoms with van der Waals surface area (Å²) < 4.78 is 6.25. The lowest BCUT2D eigenvalue weighted by molar-refractivity contribution is -0.114. The predicted molar refractivity (Wildman–Crippen MR) is 121 cm³/mol. The van der Waals surface area contributed by atoms with Crippen molar-refractivity contribution in [1.82, 2.24) is 31.3 Å². The van der Waals surface area contributed by atoms with Gasteiger partial charge in [-0.15, -0.1) is 0 Å². The SMILES string of the molecule is CCN1C(NC)C=C(Oc2ccc(NC(C)=O)cc2)N(C)C1NC1CC(C2CC2)NN1. The van der Waals surface area contributed by atoms with E-state index in [1.807, 2.05) is 38.4 Å². The van der Waals surface area contributed by atoms with E-state index in [-0.39, 0.29) is 24.5 Å². The Balaban J connectivity index is 1.46. The van der Waals surface area contributed by atoms with Crippen LogP contribution in [0.25, 0.3) is 0 Å². The molecule has 4 unspecified atom stereocenters. The second kappa shape index (κ2) is 9.54. The number of amides is 1. The van der Waals surface area contributed by atoms with Crippen molar-refractivity contribution in [2.45, 2.75) is 57.8 Å². The highest BCUT2D eigenvalue weighted by Crippen LogP contribution is 2.35. The Morgan fingerprint density at radius 3 is 2.58 bits per heavy atom. The second-order valence-corrected chi connectivity index (χ2v) is 8.55. The van der Waals surface area contributed by atoms with Gasteiger partial charge in [-0.05, 0) is 56.5 Å². The summed E-state index contributed by atoms with van der Waals surface area (Å²) >= 11 is 0. The number of carbonyl (C=O) groups is 1. The average Bonchev–Trinajstić information content (AvgIpc) is 3.50. The van der Waals surface area contributed by atoms with Crippen molar-refractivity contribution >= 4 is 11.6 Å². The van der Waals surface area contributed by atoms with Crippen LogP contribution >= 0.6 is 0 Å². The van der Waals surface area contributed by atoms with E-state index in [0.29, 0.717) is 6.04 Å². The zero-order chi connectivity index (χ0) is 22.0. The number of likely N-dealkylation sites (N-methyl/N-ethyl adjacent to an activating group) is 2. The summed E-state index contributed by atoms with van der Waals surface area (Å²) in [5.41, 5.74) is 7.64. The lowest BCUT2D eigenvalue weighted by Gasteiger charge is -2.46. The molecular formula is C22H35N7O2. The molecule has 2 heterocycles. The van der Waals surface area contributed by atoms with Gasteiger partial charge in [0.15, 0.2) is 5.88 Å². The van der Waals surface area contributed by atoms with E-state index in [9.17, 15) is 4.79 Å². The molecule has 2 fully saturated rings. The van der Waals surface area contributed by atoms with Gasteiger partial charge in [0.25, 0.3) is 0 Å². The molecule has 31 heavy (non-hydrogen) atoms. The van der Waals surface area contributed by atoms with Crippen LogP contribution in [-0.2, 0) is 4.79 Å². The Bertz CT molecular complexity index is 796. The van der Waals surface area contributed by atoms with E-state index in [1.165, 1.54) is 19.8 Å². The molecule has 9 nitrogen and oxygen atoms in total. The molecule has 9 heteroatoms. The van der Waals surface area contributed by atoms with Crippen molar-refractivity contribution < 1.29 is 9.53 Å². The average molecular weight is 430 g/mol. The van der Waals surface area contributed by atoms with E-state index in [4.69, 9.17) is 4.74 Å². The van der Waals surface area contributed by atoms with E-state index < -0.39 is 0 Å². The molecule has 2 aliphatic heterocycles. The van der Waals surface area contributed by atoms with Crippen LogP contribution in [0, 0.1) is 5.92 Å². The van der Waals surface area contributed by atoms with Gasteiger partial charge in [0.1, 0.15) is 12.0 Å². The summed E-state index contributed by atoms with van der Waals surface area (Å²) in [6, 6.07) is 7.97. The van der Waals surface area contributed by atoms with Crippen molar-refractivity contribution in [2.24, 2.45) is 5.92 Å². The molecule has 0 spiro atoms. The van der Waals surface area contributed by atoms with Gasteiger partial charge in [-0.25, -0.2) is 5.43 Å². The number of carbonyl (C=O) groups excluding carboxylic acids is 1. The summed E-state index contributed by atoms with van der Waals surface area (Å²) in [6.07, 6.45) is 6.04. The maximum Gasteiger partial charge on any atom is 0.221 e. The number of anilines is 1. The molecule has 1 aliphatic carbocycles. The normalized spacial score (nSPS) is 29.0. The van der Waals surface area contributed by atoms with E-state index in [2.05, 4.69) is 49.6 Å². The molecule has 1 aromatic rings. The maximum atomic E-state index is 11.2. The lowest BCUT2D eigenvalue weighted by Crippen LogP contribution is -2.66. The van der Waals surface area contributed by atoms with Gasteiger partial charge in [0.05, 0.1) is 12.3 Å². The fraction of sp³-hybridized carbons (Fsp3) is 0.591. The number of hydrazine groups is 1. The quantitative estimate of drug-likeness (QED) is 0.420. The van der Waals surface area contributed by atoms with Crippen molar-refractivity contribution in [3.8, 4) is 5.75 Å². The largest absolute Gasteiger partial charge is 0.441 e. The summed E-state index contributed by atoms with van der Waals surface area (Å²) in [5, 5.41) is 9.92. The first kappa shape index (κ1) is 22.0. The first-order valence-corrected chi connectivity index (χ1v) is 11.2. The predicted octanol–water partition coefficient (Wildman–Crippen LogP) is 1.15. The Labute approximate surface area is 184 Å². The fourth-order valence-corrected chi connectivity index (χ4v) is 4.38. The maximum absolute atomic E-state index is 11.2. The number of benzene rings is 1. The third-order valence-corrected chi connectivity index (χ3v) is 6.22. The Morgan fingerprint density at radius 2 is 1.97 bits per heavy atom. The molecule has 4 rings (SSSR count). The summed E-state index contributed by atoms with van der Waals surface area (Å²) in [6.45, 7) is 4.55. The molecule has 1 amide bonds. The first-order chi connectivity index (χ1) is 15.0. The minimum absolute atomic E-state index is 0.0293. The molecular weight excluding hydrogens is 394 g/mol. The summed E-state index contributed by atoms with van der Waals surface area (Å²) in [4.78, 5) is 15.7. The molecule has 1 saturated carbocycles. The van der Waals surface area contributed by atoms with Crippen LogP contribution < -0.4 is 31.5 Å². The van der Waals surface area contributed by atoms with Crippen LogP contribution in [0.4, 0.5) is 5.69 Å². The second-order valence-electron chi connectivity index (χ2n) is 8.55. The molecule has 5 N–H and O–H groups in total. The third kappa shape index (κ3) is 5.19. The smallest absolute Gasteiger partial charge is 0.221 e. The fourth-order valence-electron chi connectivity index (χ4n) is 4.38. The molecule has 3 aliphatic rings. The van der Waals surface area contributed by atoms with Crippen molar-refractivity contribution in [1.29, 1.82) is 0 Å². The standard InChI is InChI=1S/C22H35N7O2/c1-5-29-20(23-3)13-21(31-17-10-8-16(9-11-17)24-14(2)30)28(4)22(29)25-19-12-18(26-27-19)15-6-7-15/h8-11,13,15,18-20,22-23,25-27H,5-7,12H2,1-4H3,(H,24,30). The van der Waals surface area contributed by atoms with E-state index >= 15 is 0 Å². The van der Waals surface area contributed by atoms with Crippen molar-refractivity contribution in [3.05, 3.63) is 36.2 Å². The van der Waals surface area contributed by atoms with Gasteiger partial charge < -0.3 is 20.3 Å². The van der Waals surface area contributed by atoms with Gasteiger partial charge in [0.2, 0.25) is 5.91 Å².